The molecule has 4 nitrogen and oxygen atoms in total. The van der Waals surface area contributed by atoms with Gasteiger partial charge in [-0.25, -0.2) is 9.97 Å². The Labute approximate surface area is 91.9 Å². The predicted octanol–water partition coefficient (Wildman–Crippen LogP) is 1.76. The van der Waals surface area contributed by atoms with Crippen molar-refractivity contribution in [3.63, 3.8) is 0 Å². The lowest BCUT2D eigenvalue weighted by Crippen LogP contribution is -2.17. The molecule has 0 bridgehead atoms. The molecule has 0 spiro atoms. The first-order valence-corrected chi connectivity index (χ1v) is 6.00. The second kappa shape index (κ2) is 3.83. The van der Waals surface area contributed by atoms with Crippen LogP contribution in [0.1, 0.15) is 12.8 Å². The lowest BCUT2D eigenvalue weighted by atomic mass is 10.4. The lowest BCUT2D eigenvalue weighted by Gasteiger charge is -2.07. The van der Waals surface area contributed by atoms with E-state index in [1.54, 1.807) is 11.8 Å². The average Bonchev–Trinajstić information content (AvgIpc) is 2.87. The number of hydrogen-bond donors (Lipinski definition) is 2. The van der Waals surface area contributed by atoms with Crippen LogP contribution in [0.25, 0.3) is 11.0 Å². The molecule has 5 heteroatoms. The van der Waals surface area contributed by atoms with Crippen LogP contribution in [0.4, 0.5) is 0 Å². The fourth-order valence-corrected chi connectivity index (χ4v) is 2.76. The number of fused-ring (bicyclic) bond motifs is 1. The third-order valence-electron chi connectivity index (χ3n) is 2.54. The normalized spacial score (nSPS) is 21.2. The Hall–Kier alpha value is -1.07. The third-order valence-corrected chi connectivity index (χ3v) is 3.64. The number of rotatable bonds is 2. The quantitative estimate of drug-likeness (QED) is 0.757. The van der Waals surface area contributed by atoms with Gasteiger partial charge in [-0.3, -0.25) is 0 Å². The Morgan fingerprint density at radius 3 is 3.33 bits per heavy atom. The van der Waals surface area contributed by atoms with Crippen LogP contribution in [-0.2, 0) is 0 Å². The van der Waals surface area contributed by atoms with Crippen molar-refractivity contribution >= 4 is 22.8 Å². The molecule has 0 radical (unpaired) electrons. The van der Waals surface area contributed by atoms with Crippen LogP contribution in [0.2, 0.25) is 0 Å². The first-order valence-electron chi connectivity index (χ1n) is 5.12. The molecule has 0 amide bonds. The summed E-state index contributed by atoms with van der Waals surface area (Å²) >= 11 is 1.72. The second-order valence-electron chi connectivity index (χ2n) is 3.64. The Kier molecular flexibility index (Phi) is 2.34. The van der Waals surface area contributed by atoms with Crippen LogP contribution in [0.3, 0.4) is 0 Å². The summed E-state index contributed by atoms with van der Waals surface area (Å²) in [6, 6.07) is 1.98. The molecule has 0 aromatic carbocycles. The van der Waals surface area contributed by atoms with Gasteiger partial charge in [-0.2, -0.15) is 0 Å². The van der Waals surface area contributed by atoms with Gasteiger partial charge in [-0.15, -0.1) is 0 Å². The number of nitrogens with one attached hydrogen (secondary N) is 2. The number of aromatic amines is 1. The minimum atomic E-state index is 0.484. The van der Waals surface area contributed by atoms with Gasteiger partial charge >= 0.3 is 0 Å². The van der Waals surface area contributed by atoms with E-state index in [-0.39, 0.29) is 0 Å². The van der Waals surface area contributed by atoms with Gasteiger partial charge in [-0.1, -0.05) is 11.8 Å². The summed E-state index contributed by atoms with van der Waals surface area (Å²) in [7, 11) is 0. The van der Waals surface area contributed by atoms with E-state index in [0.717, 1.165) is 22.7 Å². The Bertz CT molecular complexity index is 461. The fourth-order valence-electron chi connectivity index (χ4n) is 1.76. The minimum absolute atomic E-state index is 0.484. The number of H-pyrrole nitrogens is 1. The summed E-state index contributed by atoms with van der Waals surface area (Å²) in [6.45, 7) is 1.11. The molecule has 2 N–H and O–H groups in total. The molecular formula is C10H12N4S. The second-order valence-corrected chi connectivity index (χ2v) is 4.81. The molecule has 0 saturated carbocycles. The molecule has 2 aromatic rings. The molecule has 1 aliphatic rings. The van der Waals surface area contributed by atoms with Crippen molar-refractivity contribution in [3.8, 4) is 0 Å². The van der Waals surface area contributed by atoms with Gasteiger partial charge < -0.3 is 10.3 Å². The van der Waals surface area contributed by atoms with E-state index in [0.29, 0.717) is 5.37 Å². The Morgan fingerprint density at radius 2 is 2.47 bits per heavy atom. The van der Waals surface area contributed by atoms with Crippen molar-refractivity contribution in [3.05, 3.63) is 18.5 Å². The van der Waals surface area contributed by atoms with Gasteiger partial charge in [0.15, 0.2) is 5.16 Å². The molecule has 3 rings (SSSR count). The van der Waals surface area contributed by atoms with E-state index in [4.69, 9.17) is 0 Å². The highest BCUT2D eigenvalue weighted by Gasteiger charge is 2.16. The van der Waals surface area contributed by atoms with Crippen LogP contribution in [0.15, 0.2) is 23.6 Å². The van der Waals surface area contributed by atoms with Gasteiger partial charge in [-0.05, 0) is 25.5 Å². The number of aromatic nitrogens is 3. The van der Waals surface area contributed by atoms with Gasteiger partial charge in [0.25, 0.3) is 0 Å². The predicted molar refractivity (Wildman–Crippen MR) is 60.8 cm³/mol. The summed E-state index contributed by atoms with van der Waals surface area (Å²) < 4.78 is 0. The van der Waals surface area contributed by atoms with E-state index < -0.39 is 0 Å². The molecule has 78 valence electrons. The van der Waals surface area contributed by atoms with Crippen molar-refractivity contribution in [2.45, 2.75) is 23.4 Å². The molecule has 15 heavy (non-hydrogen) atoms. The SMILES string of the molecule is c1cc2cnc(SC3CCCN3)nc2[nH]1. The molecule has 1 aliphatic heterocycles. The molecule has 1 unspecified atom stereocenters. The topological polar surface area (TPSA) is 53.6 Å². The zero-order valence-electron chi connectivity index (χ0n) is 8.23. The van der Waals surface area contributed by atoms with Crippen LogP contribution >= 0.6 is 11.8 Å². The van der Waals surface area contributed by atoms with Crippen molar-refractivity contribution in [1.29, 1.82) is 0 Å². The Morgan fingerprint density at radius 1 is 1.47 bits per heavy atom. The maximum Gasteiger partial charge on any atom is 0.191 e. The minimum Gasteiger partial charge on any atom is -0.346 e. The summed E-state index contributed by atoms with van der Waals surface area (Å²) in [4.78, 5) is 11.9. The van der Waals surface area contributed by atoms with Crippen LogP contribution in [-0.4, -0.2) is 26.9 Å². The van der Waals surface area contributed by atoms with Gasteiger partial charge in [0.2, 0.25) is 0 Å². The highest BCUT2D eigenvalue weighted by molar-refractivity contribution is 7.99. The zero-order chi connectivity index (χ0) is 10.1. The standard InChI is InChI=1S/C10H12N4S/c1-2-8(11-4-1)15-10-13-6-7-3-5-12-9(7)14-10/h3,5-6,8,11H,1-2,4H2,(H,12,13,14). The monoisotopic (exact) mass is 220 g/mol. The number of nitrogens with zero attached hydrogens (tertiary/aromatic N) is 2. The average molecular weight is 220 g/mol. The van der Waals surface area contributed by atoms with Crippen LogP contribution < -0.4 is 5.32 Å². The fraction of sp³-hybridized carbons (Fsp3) is 0.400. The first-order chi connectivity index (χ1) is 7.42. The van der Waals surface area contributed by atoms with Crippen molar-refractivity contribution in [2.24, 2.45) is 0 Å². The summed E-state index contributed by atoms with van der Waals surface area (Å²) in [5.41, 5.74) is 0.922. The maximum absolute atomic E-state index is 4.46. The summed E-state index contributed by atoms with van der Waals surface area (Å²) in [5, 5.41) is 5.82. The first kappa shape index (κ1) is 9.18. The van der Waals surface area contributed by atoms with Crippen molar-refractivity contribution in [2.75, 3.05) is 6.54 Å². The van der Waals surface area contributed by atoms with Crippen LogP contribution in [0.5, 0.6) is 0 Å². The molecule has 0 aliphatic carbocycles. The Balaban J connectivity index is 1.84. The molecule has 1 atom stereocenters. The third kappa shape index (κ3) is 1.85. The molecule has 1 saturated heterocycles. The van der Waals surface area contributed by atoms with Gasteiger partial charge in [0.05, 0.1) is 5.37 Å². The van der Waals surface area contributed by atoms with E-state index in [2.05, 4.69) is 20.3 Å². The maximum atomic E-state index is 4.46. The van der Waals surface area contributed by atoms with Crippen molar-refractivity contribution in [1.82, 2.24) is 20.3 Å². The highest BCUT2D eigenvalue weighted by Crippen LogP contribution is 2.24. The van der Waals surface area contributed by atoms with Crippen LogP contribution in [0, 0.1) is 0 Å². The smallest absolute Gasteiger partial charge is 0.191 e. The van der Waals surface area contributed by atoms with Gasteiger partial charge in [0, 0.05) is 17.8 Å². The molecule has 1 fully saturated rings. The lowest BCUT2D eigenvalue weighted by molar-refractivity contribution is 0.799. The molecule has 2 aromatic heterocycles. The zero-order valence-corrected chi connectivity index (χ0v) is 9.05. The van der Waals surface area contributed by atoms with Crippen molar-refractivity contribution < 1.29 is 0 Å². The number of hydrogen-bond acceptors (Lipinski definition) is 4. The van der Waals surface area contributed by atoms with E-state index in [1.807, 2.05) is 18.5 Å². The number of thioether (sulfide) groups is 1. The molecular weight excluding hydrogens is 208 g/mol. The molecule has 3 heterocycles. The summed E-state index contributed by atoms with van der Waals surface area (Å²) in [6.07, 6.45) is 6.22. The largest absolute Gasteiger partial charge is 0.346 e. The van der Waals surface area contributed by atoms with E-state index in [9.17, 15) is 0 Å². The summed E-state index contributed by atoms with van der Waals surface area (Å²) in [5.74, 6) is 0. The highest BCUT2D eigenvalue weighted by atomic mass is 32.2. The van der Waals surface area contributed by atoms with Gasteiger partial charge in [0.1, 0.15) is 5.65 Å². The van der Waals surface area contributed by atoms with E-state index in [1.165, 1.54) is 12.8 Å². The van der Waals surface area contributed by atoms with E-state index >= 15 is 0 Å².